The molecule has 1 amide bonds. The highest BCUT2D eigenvalue weighted by molar-refractivity contribution is 5.95. The average molecular weight is 349 g/mol. The molecule has 7 nitrogen and oxygen atoms in total. The molecule has 0 bridgehead atoms. The van der Waals surface area contributed by atoms with Crippen LogP contribution in [0.4, 0.5) is 0 Å². The van der Waals surface area contributed by atoms with Gasteiger partial charge in [0, 0.05) is 5.56 Å². The lowest BCUT2D eigenvalue weighted by molar-refractivity contribution is -0.0339. The largest absolute Gasteiger partial charge is 0.361 e. The Morgan fingerprint density at radius 1 is 1.19 bits per heavy atom. The van der Waals surface area contributed by atoms with Crippen LogP contribution < -0.4 is 0 Å². The molecule has 1 aliphatic heterocycles. The topological polar surface area (TPSA) is 73.1 Å². The zero-order valence-corrected chi connectivity index (χ0v) is 14.4. The van der Waals surface area contributed by atoms with Crippen molar-refractivity contribution in [2.75, 3.05) is 13.3 Å². The number of carbonyl (C=O) groups excluding carboxylic acids is 1. The minimum absolute atomic E-state index is 0.0250. The molecule has 26 heavy (non-hydrogen) atoms. The molecule has 0 spiro atoms. The van der Waals surface area contributed by atoms with Crippen LogP contribution >= 0.6 is 0 Å². The van der Waals surface area contributed by atoms with Crippen LogP contribution in [0.3, 0.4) is 0 Å². The Morgan fingerprint density at radius 2 is 2.04 bits per heavy atom. The maximum absolute atomic E-state index is 13.1. The standard InChI is InChI=1S/C19H19N5O2/c1-14-11-16(7-8-17(14)24-12-20-21-22-24)19(25)23-13-26-10-9-18(23)15-5-3-2-4-6-15/h2-8,11-12,18H,9-10,13H2,1H3. The van der Waals surface area contributed by atoms with Crippen molar-refractivity contribution in [1.82, 2.24) is 25.1 Å². The first-order chi connectivity index (χ1) is 12.7. The highest BCUT2D eigenvalue weighted by atomic mass is 16.5. The van der Waals surface area contributed by atoms with Gasteiger partial charge < -0.3 is 9.64 Å². The molecule has 0 N–H and O–H groups in total. The van der Waals surface area contributed by atoms with Crippen molar-refractivity contribution in [3.05, 3.63) is 71.5 Å². The quantitative estimate of drug-likeness (QED) is 0.726. The van der Waals surface area contributed by atoms with E-state index in [4.69, 9.17) is 4.74 Å². The SMILES string of the molecule is Cc1cc(C(=O)N2COCCC2c2ccccc2)ccc1-n1cnnn1. The van der Waals surface area contributed by atoms with Gasteiger partial charge in [-0.15, -0.1) is 5.10 Å². The fourth-order valence-electron chi connectivity index (χ4n) is 3.31. The van der Waals surface area contributed by atoms with Gasteiger partial charge in [0.25, 0.3) is 5.91 Å². The number of benzene rings is 2. The number of hydrogen-bond donors (Lipinski definition) is 0. The Bertz CT molecular complexity index is 896. The highest BCUT2D eigenvalue weighted by Gasteiger charge is 2.29. The first-order valence-electron chi connectivity index (χ1n) is 8.52. The molecular formula is C19H19N5O2. The molecule has 0 saturated carbocycles. The van der Waals surface area contributed by atoms with E-state index in [9.17, 15) is 4.79 Å². The highest BCUT2D eigenvalue weighted by Crippen LogP contribution is 2.29. The van der Waals surface area contributed by atoms with E-state index in [1.54, 1.807) is 9.58 Å². The number of carbonyl (C=O) groups is 1. The average Bonchev–Trinajstić information content (AvgIpc) is 3.22. The third kappa shape index (κ3) is 3.09. The van der Waals surface area contributed by atoms with Gasteiger partial charge in [-0.25, -0.2) is 4.68 Å². The molecule has 1 unspecified atom stereocenters. The van der Waals surface area contributed by atoms with Crippen molar-refractivity contribution in [3.8, 4) is 5.69 Å². The number of rotatable bonds is 3. The Balaban J connectivity index is 1.62. The van der Waals surface area contributed by atoms with E-state index in [0.29, 0.717) is 18.9 Å². The smallest absolute Gasteiger partial charge is 0.256 e. The van der Waals surface area contributed by atoms with Gasteiger partial charge in [0.15, 0.2) is 0 Å². The van der Waals surface area contributed by atoms with Crippen LogP contribution in [0.25, 0.3) is 5.69 Å². The number of hydrogen-bond acceptors (Lipinski definition) is 5. The Kier molecular flexibility index (Phi) is 4.45. The van der Waals surface area contributed by atoms with Gasteiger partial charge in [0.05, 0.1) is 18.3 Å². The van der Waals surface area contributed by atoms with Crippen LogP contribution in [0, 0.1) is 6.92 Å². The van der Waals surface area contributed by atoms with Crippen LogP contribution in [-0.2, 0) is 4.74 Å². The van der Waals surface area contributed by atoms with Crippen LogP contribution in [-0.4, -0.2) is 44.4 Å². The lowest BCUT2D eigenvalue weighted by atomic mass is 10.00. The van der Waals surface area contributed by atoms with Gasteiger partial charge in [0.2, 0.25) is 0 Å². The number of aryl methyl sites for hydroxylation is 1. The van der Waals surface area contributed by atoms with E-state index in [2.05, 4.69) is 27.7 Å². The van der Waals surface area contributed by atoms with E-state index < -0.39 is 0 Å². The summed E-state index contributed by atoms with van der Waals surface area (Å²) >= 11 is 0. The van der Waals surface area contributed by atoms with Crippen LogP contribution in [0.5, 0.6) is 0 Å². The predicted molar refractivity (Wildman–Crippen MR) is 94.7 cm³/mol. The third-order valence-electron chi connectivity index (χ3n) is 4.63. The van der Waals surface area contributed by atoms with Crippen molar-refractivity contribution in [2.24, 2.45) is 0 Å². The van der Waals surface area contributed by atoms with Gasteiger partial charge >= 0.3 is 0 Å². The number of aromatic nitrogens is 4. The Labute approximate surface area is 151 Å². The van der Waals surface area contributed by atoms with E-state index >= 15 is 0 Å². The van der Waals surface area contributed by atoms with Crippen LogP contribution in [0.1, 0.15) is 33.9 Å². The van der Waals surface area contributed by atoms with E-state index in [1.807, 2.05) is 43.3 Å². The predicted octanol–water partition coefficient (Wildman–Crippen LogP) is 2.53. The summed E-state index contributed by atoms with van der Waals surface area (Å²) in [7, 11) is 0. The van der Waals surface area contributed by atoms with Gasteiger partial charge in [0.1, 0.15) is 13.1 Å². The molecular weight excluding hydrogens is 330 g/mol. The number of tetrazole rings is 1. The summed E-state index contributed by atoms with van der Waals surface area (Å²) in [5.74, 6) is -0.0371. The maximum Gasteiger partial charge on any atom is 0.256 e. The molecule has 2 heterocycles. The second kappa shape index (κ2) is 7.05. The van der Waals surface area contributed by atoms with Crippen LogP contribution in [0.15, 0.2) is 54.9 Å². The molecule has 2 aromatic carbocycles. The first kappa shape index (κ1) is 16.4. The van der Waals surface area contributed by atoms with Gasteiger partial charge in [-0.2, -0.15) is 0 Å². The molecule has 0 aliphatic carbocycles. The van der Waals surface area contributed by atoms with Gasteiger partial charge in [-0.05, 0) is 53.1 Å². The monoisotopic (exact) mass is 349 g/mol. The Hall–Kier alpha value is -3.06. The number of ether oxygens (including phenoxy) is 1. The second-order valence-electron chi connectivity index (χ2n) is 6.28. The third-order valence-corrected chi connectivity index (χ3v) is 4.63. The zero-order valence-electron chi connectivity index (χ0n) is 14.4. The number of amides is 1. The molecule has 7 heteroatoms. The van der Waals surface area contributed by atoms with Gasteiger partial charge in [-0.1, -0.05) is 30.3 Å². The van der Waals surface area contributed by atoms with Crippen molar-refractivity contribution in [1.29, 1.82) is 0 Å². The minimum Gasteiger partial charge on any atom is -0.361 e. The van der Waals surface area contributed by atoms with Crippen molar-refractivity contribution in [2.45, 2.75) is 19.4 Å². The molecule has 132 valence electrons. The molecule has 0 radical (unpaired) electrons. The van der Waals surface area contributed by atoms with Crippen molar-refractivity contribution >= 4 is 5.91 Å². The second-order valence-corrected chi connectivity index (χ2v) is 6.28. The number of nitrogens with zero attached hydrogens (tertiary/aromatic N) is 5. The summed E-state index contributed by atoms with van der Waals surface area (Å²) in [5, 5.41) is 11.2. The minimum atomic E-state index is -0.0371. The zero-order chi connectivity index (χ0) is 17.9. The maximum atomic E-state index is 13.1. The molecule has 3 aromatic rings. The molecule has 1 saturated heterocycles. The summed E-state index contributed by atoms with van der Waals surface area (Å²) in [6.45, 7) is 2.89. The summed E-state index contributed by atoms with van der Waals surface area (Å²) in [6, 6.07) is 15.7. The van der Waals surface area contributed by atoms with E-state index in [0.717, 1.165) is 23.2 Å². The van der Waals surface area contributed by atoms with E-state index in [-0.39, 0.29) is 11.9 Å². The molecule has 1 aromatic heterocycles. The lowest BCUT2D eigenvalue weighted by Gasteiger charge is -2.36. The molecule has 1 aliphatic rings. The summed E-state index contributed by atoms with van der Waals surface area (Å²) in [5.41, 5.74) is 3.54. The summed E-state index contributed by atoms with van der Waals surface area (Å²) in [4.78, 5) is 14.9. The normalized spacial score (nSPS) is 17.3. The van der Waals surface area contributed by atoms with Crippen LogP contribution in [0.2, 0.25) is 0 Å². The summed E-state index contributed by atoms with van der Waals surface area (Å²) in [6.07, 6.45) is 2.32. The first-order valence-corrected chi connectivity index (χ1v) is 8.52. The Morgan fingerprint density at radius 3 is 2.77 bits per heavy atom. The fraction of sp³-hybridized carbons (Fsp3) is 0.263. The molecule has 1 fully saturated rings. The fourth-order valence-corrected chi connectivity index (χ4v) is 3.31. The van der Waals surface area contributed by atoms with Gasteiger partial charge in [-0.3, -0.25) is 4.79 Å². The van der Waals surface area contributed by atoms with Crippen molar-refractivity contribution in [3.63, 3.8) is 0 Å². The summed E-state index contributed by atoms with van der Waals surface area (Å²) < 4.78 is 7.15. The lowest BCUT2D eigenvalue weighted by Crippen LogP contribution is -2.40. The van der Waals surface area contributed by atoms with Crippen molar-refractivity contribution < 1.29 is 9.53 Å². The molecule has 4 rings (SSSR count). The van der Waals surface area contributed by atoms with E-state index in [1.165, 1.54) is 6.33 Å². The molecule has 1 atom stereocenters.